The van der Waals surface area contributed by atoms with Crippen molar-refractivity contribution in [1.82, 2.24) is 4.90 Å². The Kier molecular flexibility index (Phi) is 7.23. The molecule has 0 aliphatic heterocycles. The zero-order chi connectivity index (χ0) is 15.0. The maximum absolute atomic E-state index is 6.12. The van der Waals surface area contributed by atoms with Crippen molar-refractivity contribution in [3.63, 3.8) is 0 Å². The molecule has 0 bridgehead atoms. The van der Waals surface area contributed by atoms with Gasteiger partial charge in [-0.15, -0.1) is 0 Å². The lowest BCUT2D eigenvalue weighted by Crippen LogP contribution is -2.28. The van der Waals surface area contributed by atoms with Crippen molar-refractivity contribution in [3.05, 3.63) is 18.2 Å². The Labute approximate surface area is 123 Å². The van der Waals surface area contributed by atoms with Crippen molar-refractivity contribution in [3.8, 4) is 5.75 Å². The van der Waals surface area contributed by atoms with Crippen molar-refractivity contribution >= 4 is 11.4 Å². The molecule has 0 saturated carbocycles. The molecular formula is C16H29N3O. The zero-order valence-corrected chi connectivity index (χ0v) is 13.3. The van der Waals surface area contributed by atoms with Crippen LogP contribution < -0.4 is 15.8 Å². The normalized spacial score (nSPS) is 11.1. The van der Waals surface area contributed by atoms with E-state index in [9.17, 15) is 0 Å². The number of benzene rings is 1. The number of nitrogens with one attached hydrogen (secondary N) is 1. The van der Waals surface area contributed by atoms with E-state index in [2.05, 4.69) is 38.0 Å². The van der Waals surface area contributed by atoms with Crippen molar-refractivity contribution in [2.75, 3.05) is 37.8 Å². The average molecular weight is 279 g/mol. The topological polar surface area (TPSA) is 50.5 Å². The van der Waals surface area contributed by atoms with Gasteiger partial charge in [-0.2, -0.15) is 0 Å². The molecule has 0 aliphatic rings. The molecule has 0 fully saturated rings. The maximum Gasteiger partial charge on any atom is 0.144 e. The highest BCUT2D eigenvalue weighted by molar-refractivity contribution is 5.72. The van der Waals surface area contributed by atoms with Gasteiger partial charge in [0.05, 0.1) is 18.0 Å². The SMILES string of the molecule is CCCOc1cccc(NCCCN(C)C(C)C)c1N. The van der Waals surface area contributed by atoms with Crippen LogP contribution in [0.5, 0.6) is 5.75 Å². The molecule has 4 heteroatoms. The monoisotopic (exact) mass is 279 g/mol. The van der Waals surface area contributed by atoms with Gasteiger partial charge >= 0.3 is 0 Å². The smallest absolute Gasteiger partial charge is 0.144 e. The first kappa shape index (κ1) is 16.6. The Bertz CT molecular complexity index is 393. The molecule has 0 aromatic heterocycles. The lowest BCUT2D eigenvalue weighted by Gasteiger charge is -2.21. The summed E-state index contributed by atoms with van der Waals surface area (Å²) in [5, 5.41) is 3.39. The second-order valence-electron chi connectivity index (χ2n) is 5.42. The van der Waals surface area contributed by atoms with Crippen LogP contribution in [0.2, 0.25) is 0 Å². The number of nitrogen functional groups attached to an aromatic ring is 1. The molecule has 0 saturated heterocycles. The third kappa shape index (κ3) is 5.29. The maximum atomic E-state index is 6.12. The first-order valence-electron chi connectivity index (χ1n) is 7.51. The van der Waals surface area contributed by atoms with Crippen LogP contribution in [0.25, 0.3) is 0 Å². The minimum absolute atomic E-state index is 0.589. The number of hydrogen-bond donors (Lipinski definition) is 2. The molecule has 1 aromatic rings. The van der Waals surface area contributed by atoms with Crippen LogP contribution in [0.1, 0.15) is 33.6 Å². The van der Waals surface area contributed by atoms with Gasteiger partial charge in [0.2, 0.25) is 0 Å². The molecule has 0 unspecified atom stereocenters. The predicted octanol–water partition coefficient (Wildman–Crippen LogP) is 3.20. The molecule has 20 heavy (non-hydrogen) atoms. The van der Waals surface area contributed by atoms with Crippen LogP contribution in [-0.4, -0.2) is 37.7 Å². The fourth-order valence-corrected chi connectivity index (χ4v) is 1.85. The minimum Gasteiger partial charge on any atom is -0.491 e. The second kappa shape index (κ2) is 8.69. The summed E-state index contributed by atoms with van der Waals surface area (Å²) in [6, 6.07) is 6.48. The van der Waals surface area contributed by atoms with Gasteiger partial charge in [-0.3, -0.25) is 0 Å². The number of rotatable bonds is 9. The van der Waals surface area contributed by atoms with Gasteiger partial charge < -0.3 is 20.7 Å². The van der Waals surface area contributed by atoms with E-state index in [0.29, 0.717) is 18.3 Å². The van der Waals surface area contributed by atoms with Crippen molar-refractivity contribution in [2.24, 2.45) is 0 Å². The third-order valence-corrected chi connectivity index (χ3v) is 3.41. The summed E-state index contributed by atoms with van der Waals surface area (Å²) in [5.74, 6) is 0.774. The Balaban J connectivity index is 2.44. The molecule has 0 amide bonds. The van der Waals surface area contributed by atoms with E-state index in [4.69, 9.17) is 10.5 Å². The quantitative estimate of drug-likeness (QED) is 0.538. The van der Waals surface area contributed by atoms with E-state index in [1.807, 2.05) is 18.2 Å². The van der Waals surface area contributed by atoms with E-state index in [-0.39, 0.29) is 0 Å². The minimum atomic E-state index is 0.589. The second-order valence-corrected chi connectivity index (χ2v) is 5.42. The van der Waals surface area contributed by atoms with Crippen molar-refractivity contribution in [2.45, 2.75) is 39.7 Å². The summed E-state index contributed by atoms with van der Waals surface area (Å²) in [7, 11) is 2.15. The summed E-state index contributed by atoms with van der Waals surface area (Å²) in [5.41, 5.74) is 7.79. The largest absolute Gasteiger partial charge is 0.491 e. The van der Waals surface area contributed by atoms with E-state index < -0.39 is 0 Å². The van der Waals surface area contributed by atoms with Crippen LogP contribution in [0.4, 0.5) is 11.4 Å². The molecule has 114 valence electrons. The van der Waals surface area contributed by atoms with Crippen LogP contribution in [0.15, 0.2) is 18.2 Å². The van der Waals surface area contributed by atoms with Crippen LogP contribution in [0, 0.1) is 0 Å². The number of nitrogens with two attached hydrogens (primary N) is 1. The summed E-state index contributed by atoms with van der Waals surface area (Å²) < 4.78 is 5.63. The number of ether oxygens (including phenoxy) is 1. The Morgan fingerprint density at radius 2 is 2.10 bits per heavy atom. The fourth-order valence-electron chi connectivity index (χ4n) is 1.85. The van der Waals surface area contributed by atoms with Crippen LogP contribution >= 0.6 is 0 Å². The van der Waals surface area contributed by atoms with Gasteiger partial charge in [0.15, 0.2) is 0 Å². The molecule has 0 heterocycles. The molecule has 0 spiro atoms. The highest BCUT2D eigenvalue weighted by Crippen LogP contribution is 2.29. The van der Waals surface area contributed by atoms with E-state index in [1.54, 1.807) is 0 Å². The Morgan fingerprint density at radius 1 is 1.35 bits per heavy atom. The standard InChI is InChI=1S/C16H29N3O/c1-5-12-20-15-9-6-8-14(16(15)17)18-10-7-11-19(4)13(2)3/h6,8-9,13,18H,5,7,10-12,17H2,1-4H3. The van der Waals surface area contributed by atoms with Gasteiger partial charge in [-0.25, -0.2) is 0 Å². The highest BCUT2D eigenvalue weighted by atomic mass is 16.5. The Morgan fingerprint density at radius 3 is 2.75 bits per heavy atom. The van der Waals surface area contributed by atoms with E-state index in [1.165, 1.54) is 0 Å². The summed E-state index contributed by atoms with van der Waals surface area (Å²) >= 11 is 0. The average Bonchev–Trinajstić information content (AvgIpc) is 2.43. The highest BCUT2D eigenvalue weighted by Gasteiger charge is 2.06. The third-order valence-electron chi connectivity index (χ3n) is 3.41. The first-order chi connectivity index (χ1) is 9.56. The molecule has 1 rings (SSSR count). The molecular weight excluding hydrogens is 250 g/mol. The molecule has 1 aromatic carbocycles. The lowest BCUT2D eigenvalue weighted by molar-refractivity contribution is 0.273. The van der Waals surface area contributed by atoms with Gasteiger partial charge in [0.25, 0.3) is 0 Å². The lowest BCUT2D eigenvalue weighted by atomic mass is 10.2. The Hall–Kier alpha value is -1.42. The number of hydrogen-bond acceptors (Lipinski definition) is 4. The predicted molar refractivity (Wildman–Crippen MR) is 87.5 cm³/mol. The molecule has 0 aliphatic carbocycles. The summed E-state index contributed by atoms with van der Waals surface area (Å²) in [6.45, 7) is 9.20. The zero-order valence-electron chi connectivity index (χ0n) is 13.3. The molecule has 0 radical (unpaired) electrons. The van der Waals surface area contributed by atoms with Crippen molar-refractivity contribution in [1.29, 1.82) is 0 Å². The summed E-state index contributed by atoms with van der Waals surface area (Å²) in [4.78, 5) is 2.34. The number of anilines is 2. The van der Waals surface area contributed by atoms with Gasteiger partial charge in [-0.05, 0) is 52.4 Å². The van der Waals surface area contributed by atoms with E-state index >= 15 is 0 Å². The van der Waals surface area contributed by atoms with Crippen molar-refractivity contribution < 1.29 is 4.74 Å². The number of nitrogens with zero attached hydrogens (tertiary/aromatic N) is 1. The fraction of sp³-hybridized carbons (Fsp3) is 0.625. The van der Waals surface area contributed by atoms with Crippen LogP contribution in [0.3, 0.4) is 0 Å². The van der Waals surface area contributed by atoms with Crippen LogP contribution in [-0.2, 0) is 0 Å². The van der Waals surface area contributed by atoms with Gasteiger partial charge in [-0.1, -0.05) is 13.0 Å². The molecule has 3 N–H and O–H groups in total. The van der Waals surface area contributed by atoms with Gasteiger partial charge in [0.1, 0.15) is 5.75 Å². The first-order valence-corrected chi connectivity index (χ1v) is 7.51. The van der Waals surface area contributed by atoms with E-state index in [0.717, 1.165) is 37.4 Å². The van der Waals surface area contributed by atoms with Gasteiger partial charge in [0, 0.05) is 12.6 Å². The molecule has 4 nitrogen and oxygen atoms in total. The summed E-state index contributed by atoms with van der Waals surface area (Å²) in [6.07, 6.45) is 2.08. The number of para-hydroxylation sites is 1. The molecule has 0 atom stereocenters.